The van der Waals surface area contributed by atoms with Crippen molar-refractivity contribution in [3.63, 3.8) is 0 Å². The molecule has 4 nitrogen and oxygen atoms in total. The number of hydrogen-bond acceptors (Lipinski definition) is 3. The van der Waals surface area contributed by atoms with Gasteiger partial charge in [-0.15, -0.1) is 0 Å². The molecule has 0 aliphatic carbocycles. The van der Waals surface area contributed by atoms with Crippen LogP contribution < -0.4 is 11.3 Å². The average molecular weight is 187 g/mol. The van der Waals surface area contributed by atoms with Gasteiger partial charge in [-0.25, -0.2) is 5.84 Å². The molecule has 1 aromatic carbocycles. The molecular formula is C10H9N3O. The van der Waals surface area contributed by atoms with Gasteiger partial charge >= 0.3 is 0 Å². The Hall–Kier alpha value is -1.94. The molecular weight excluding hydrogens is 178 g/mol. The number of nitrogens with one attached hydrogen (secondary N) is 1. The van der Waals surface area contributed by atoms with Crippen molar-refractivity contribution in [2.24, 2.45) is 5.84 Å². The molecule has 0 radical (unpaired) electrons. The van der Waals surface area contributed by atoms with E-state index in [1.807, 2.05) is 24.3 Å². The minimum atomic E-state index is -0.330. The highest BCUT2D eigenvalue weighted by molar-refractivity contribution is 5.96. The maximum absolute atomic E-state index is 11.2. The van der Waals surface area contributed by atoms with Crippen LogP contribution in [0.5, 0.6) is 0 Å². The number of benzene rings is 1. The number of hydrogen-bond donors (Lipinski definition) is 2. The summed E-state index contributed by atoms with van der Waals surface area (Å²) in [6.45, 7) is 0. The van der Waals surface area contributed by atoms with Gasteiger partial charge in [0.2, 0.25) is 0 Å². The van der Waals surface area contributed by atoms with Gasteiger partial charge in [0.25, 0.3) is 5.91 Å². The number of fused-ring (bicyclic) bond motifs is 1. The summed E-state index contributed by atoms with van der Waals surface area (Å²) in [6.07, 6.45) is 1.50. The first-order valence-corrected chi connectivity index (χ1v) is 4.17. The first kappa shape index (κ1) is 8.65. The van der Waals surface area contributed by atoms with E-state index in [1.165, 1.54) is 6.20 Å². The van der Waals surface area contributed by atoms with Crippen LogP contribution in [-0.4, -0.2) is 10.9 Å². The molecule has 0 saturated heterocycles. The Kier molecular flexibility index (Phi) is 2.12. The summed E-state index contributed by atoms with van der Waals surface area (Å²) in [7, 11) is 0. The van der Waals surface area contributed by atoms with Crippen LogP contribution in [-0.2, 0) is 0 Å². The number of aromatic nitrogens is 1. The molecule has 0 bridgehead atoms. The fraction of sp³-hybridized carbons (Fsp3) is 0. The zero-order valence-corrected chi connectivity index (χ0v) is 7.40. The second-order valence-corrected chi connectivity index (χ2v) is 2.89. The third-order valence-electron chi connectivity index (χ3n) is 1.98. The number of rotatable bonds is 1. The van der Waals surface area contributed by atoms with E-state index in [4.69, 9.17) is 5.84 Å². The van der Waals surface area contributed by atoms with Gasteiger partial charge in [-0.2, -0.15) is 0 Å². The molecule has 0 unspecified atom stereocenters. The highest BCUT2D eigenvalue weighted by Gasteiger charge is 2.04. The number of para-hydroxylation sites is 1. The van der Waals surface area contributed by atoms with Crippen molar-refractivity contribution >= 4 is 16.8 Å². The molecule has 0 fully saturated rings. The van der Waals surface area contributed by atoms with Crippen LogP contribution in [0.3, 0.4) is 0 Å². The van der Waals surface area contributed by atoms with Gasteiger partial charge < -0.3 is 0 Å². The van der Waals surface area contributed by atoms with E-state index < -0.39 is 0 Å². The monoisotopic (exact) mass is 187 g/mol. The number of nitrogens with zero attached hydrogens (tertiary/aromatic N) is 1. The fourth-order valence-electron chi connectivity index (χ4n) is 1.28. The molecule has 1 amide bonds. The molecule has 4 heteroatoms. The zero-order valence-electron chi connectivity index (χ0n) is 7.40. The Balaban J connectivity index is 2.56. The van der Waals surface area contributed by atoms with Crippen LogP contribution in [0.1, 0.15) is 10.4 Å². The molecule has 70 valence electrons. The summed E-state index contributed by atoms with van der Waals surface area (Å²) in [4.78, 5) is 15.3. The van der Waals surface area contributed by atoms with Crippen molar-refractivity contribution < 1.29 is 4.79 Å². The summed E-state index contributed by atoms with van der Waals surface area (Å²) in [5.41, 5.74) is 3.39. The van der Waals surface area contributed by atoms with Crippen molar-refractivity contribution in [2.75, 3.05) is 0 Å². The van der Waals surface area contributed by atoms with Gasteiger partial charge in [-0.1, -0.05) is 18.2 Å². The molecule has 0 aliphatic rings. The minimum Gasteiger partial charge on any atom is -0.290 e. The van der Waals surface area contributed by atoms with E-state index in [9.17, 15) is 4.79 Å². The van der Waals surface area contributed by atoms with Crippen molar-refractivity contribution in [1.82, 2.24) is 10.4 Å². The van der Waals surface area contributed by atoms with E-state index in [2.05, 4.69) is 10.4 Å². The van der Waals surface area contributed by atoms with E-state index in [0.29, 0.717) is 5.56 Å². The van der Waals surface area contributed by atoms with Crippen molar-refractivity contribution in [2.45, 2.75) is 0 Å². The summed E-state index contributed by atoms with van der Waals surface area (Å²) < 4.78 is 0. The Bertz CT molecular complexity index is 482. The Morgan fingerprint density at radius 2 is 2.14 bits per heavy atom. The van der Waals surface area contributed by atoms with Crippen LogP contribution in [0.2, 0.25) is 0 Å². The number of nitrogens with two attached hydrogens (primary N) is 1. The molecule has 2 aromatic rings. The maximum atomic E-state index is 11.2. The summed E-state index contributed by atoms with van der Waals surface area (Å²) in [6, 6.07) is 9.34. The van der Waals surface area contributed by atoms with Gasteiger partial charge in [-0.05, 0) is 12.1 Å². The minimum absolute atomic E-state index is 0.330. The third-order valence-corrected chi connectivity index (χ3v) is 1.98. The van der Waals surface area contributed by atoms with Gasteiger partial charge in [0.15, 0.2) is 0 Å². The lowest BCUT2D eigenvalue weighted by Gasteiger charge is -2.00. The number of carbonyl (C=O) groups excluding carboxylic acids is 1. The van der Waals surface area contributed by atoms with Gasteiger partial charge in [0.05, 0.1) is 11.1 Å². The van der Waals surface area contributed by atoms with E-state index in [-0.39, 0.29) is 5.91 Å². The van der Waals surface area contributed by atoms with Gasteiger partial charge in [0, 0.05) is 11.6 Å². The number of pyridine rings is 1. The van der Waals surface area contributed by atoms with E-state index in [1.54, 1.807) is 6.07 Å². The standard InChI is InChI=1S/C10H9N3O/c11-13-10(14)8-5-7-3-1-2-4-9(7)12-6-8/h1-6H,11H2,(H,13,14). The fourth-order valence-corrected chi connectivity index (χ4v) is 1.28. The number of nitrogen functional groups attached to an aromatic ring is 1. The summed E-state index contributed by atoms with van der Waals surface area (Å²) >= 11 is 0. The number of hydrazine groups is 1. The smallest absolute Gasteiger partial charge is 0.266 e. The average Bonchev–Trinajstić information content (AvgIpc) is 2.27. The predicted octanol–water partition coefficient (Wildman–Crippen LogP) is 0.838. The van der Waals surface area contributed by atoms with E-state index >= 15 is 0 Å². The lowest BCUT2D eigenvalue weighted by Crippen LogP contribution is -2.30. The summed E-state index contributed by atoms with van der Waals surface area (Å²) in [5, 5.41) is 0.925. The first-order valence-electron chi connectivity index (χ1n) is 4.17. The summed E-state index contributed by atoms with van der Waals surface area (Å²) in [5.74, 6) is 4.69. The second kappa shape index (κ2) is 3.43. The molecule has 1 aromatic heterocycles. The highest BCUT2D eigenvalue weighted by atomic mass is 16.2. The van der Waals surface area contributed by atoms with Gasteiger partial charge in [-0.3, -0.25) is 15.2 Å². The van der Waals surface area contributed by atoms with Crippen molar-refractivity contribution in [1.29, 1.82) is 0 Å². The van der Waals surface area contributed by atoms with Crippen molar-refractivity contribution in [3.05, 3.63) is 42.1 Å². The molecule has 3 N–H and O–H groups in total. The molecule has 1 heterocycles. The van der Waals surface area contributed by atoms with Crippen LogP contribution >= 0.6 is 0 Å². The largest absolute Gasteiger partial charge is 0.290 e. The Morgan fingerprint density at radius 3 is 2.93 bits per heavy atom. The molecule has 0 spiro atoms. The Morgan fingerprint density at radius 1 is 1.36 bits per heavy atom. The van der Waals surface area contributed by atoms with Crippen LogP contribution in [0.25, 0.3) is 10.9 Å². The second-order valence-electron chi connectivity index (χ2n) is 2.89. The highest BCUT2D eigenvalue weighted by Crippen LogP contribution is 2.12. The van der Waals surface area contributed by atoms with Crippen molar-refractivity contribution in [3.8, 4) is 0 Å². The lowest BCUT2D eigenvalue weighted by atomic mass is 10.1. The number of amides is 1. The predicted molar refractivity (Wildman–Crippen MR) is 53.4 cm³/mol. The molecule has 0 aliphatic heterocycles. The Labute approximate surface area is 80.7 Å². The third kappa shape index (κ3) is 1.43. The van der Waals surface area contributed by atoms with Crippen LogP contribution in [0, 0.1) is 0 Å². The molecule has 0 atom stereocenters. The normalized spacial score (nSPS) is 10.1. The number of carbonyl (C=O) groups is 1. The molecule has 14 heavy (non-hydrogen) atoms. The maximum Gasteiger partial charge on any atom is 0.266 e. The topological polar surface area (TPSA) is 68.0 Å². The first-order chi connectivity index (χ1) is 6.81. The SMILES string of the molecule is NNC(=O)c1cnc2ccccc2c1. The van der Waals surface area contributed by atoms with Crippen LogP contribution in [0.15, 0.2) is 36.5 Å². The van der Waals surface area contributed by atoms with E-state index in [0.717, 1.165) is 10.9 Å². The lowest BCUT2D eigenvalue weighted by molar-refractivity contribution is 0.0953. The quantitative estimate of drug-likeness (QED) is 0.395. The molecule has 2 rings (SSSR count). The molecule has 0 saturated carbocycles. The zero-order chi connectivity index (χ0) is 9.97. The van der Waals surface area contributed by atoms with Crippen LogP contribution in [0.4, 0.5) is 0 Å². The van der Waals surface area contributed by atoms with Gasteiger partial charge in [0.1, 0.15) is 0 Å².